The largest absolute Gasteiger partial charge is 0.320 e. The van der Waals surface area contributed by atoms with Crippen molar-refractivity contribution in [2.75, 3.05) is 5.32 Å². The van der Waals surface area contributed by atoms with Crippen molar-refractivity contribution in [1.82, 2.24) is 9.36 Å². The van der Waals surface area contributed by atoms with E-state index in [1.54, 1.807) is 18.7 Å². The number of hydrogen-bond acceptors (Lipinski definition) is 3. The van der Waals surface area contributed by atoms with E-state index >= 15 is 0 Å². The van der Waals surface area contributed by atoms with E-state index in [1.165, 1.54) is 4.68 Å². The van der Waals surface area contributed by atoms with Gasteiger partial charge in [0, 0.05) is 7.05 Å². The Morgan fingerprint density at radius 3 is 2.42 bits per heavy atom. The molecule has 2 unspecified atom stereocenters. The molecule has 2 atom stereocenters. The average molecular weight is 353 g/mol. The number of nitrogens with two attached hydrogens (primary N) is 1. The quantitative estimate of drug-likeness (QED) is 0.865. The summed E-state index contributed by atoms with van der Waals surface area (Å²) in [6.45, 7) is 5.70. The number of nitrogens with one attached hydrogen (secondary N) is 1. The van der Waals surface area contributed by atoms with Crippen LogP contribution in [0.1, 0.15) is 26.0 Å². The molecule has 1 aromatic carbocycles. The molecule has 2 rings (SSSR count). The lowest BCUT2D eigenvalue weighted by molar-refractivity contribution is -0.118. The number of benzene rings is 1. The van der Waals surface area contributed by atoms with Crippen LogP contribution in [0.5, 0.6) is 0 Å². The minimum absolute atomic E-state index is 0. The van der Waals surface area contributed by atoms with E-state index in [-0.39, 0.29) is 35.5 Å². The molecule has 7 heteroatoms. The maximum atomic E-state index is 12.7. The topological polar surface area (TPSA) is 82.1 Å². The number of para-hydroxylation sites is 1. The van der Waals surface area contributed by atoms with Crippen LogP contribution in [0.2, 0.25) is 0 Å². The molecule has 2 aromatic rings. The summed E-state index contributed by atoms with van der Waals surface area (Å²) >= 11 is 0. The van der Waals surface area contributed by atoms with Gasteiger partial charge < -0.3 is 11.1 Å². The minimum Gasteiger partial charge on any atom is -0.320 e. The summed E-state index contributed by atoms with van der Waals surface area (Å²) in [5, 5.41) is 2.71. The second-order valence-electron chi connectivity index (χ2n) is 5.84. The monoisotopic (exact) mass is 352 g/mol. The number of nitrogens with zero attached hydrogens (tertiary/aromatic N) is 2. The average Bonchev–Trinajstić information content (AvgIpc) is 2.77. The Morgan fingerprint density at radius 2 is 1.88 bits per heavy atom. The molecule has 0 bridgehead atoms. The lowest BCUT2D eigenvalue weighted by atomic mass is 9.99. The Labute approximate surface area is 148 Å². The smallest absolute Gasteiger partial charge is 0.295 e. The highest BCUT2D eigenvalue weighted by atomic mass is 35.5. The number of anilines is 1. The highest BCUT2D eigenvalue weighted by molar-refractivity contribution is 5.95. The molecule has 0 saturated carbocycles. The molecule has 3 N–H and O–H groups in total. The zero-order valence-corrected chi connectivity index (χ0v) is 15.3. The first-order valence-corrected chi connectivity index (χ1v) is 7.79. The molecule has 24 heavy (non-hydrogen) atoms. The summed E-state index contributed by atoms with van der Waals surface area (Å²) in [6, 6.07) is 8.67. The lowest BCUT2D eigenvalue weighted by Gasteiger charge is -2.17. The van der Waals surface area contributed by atoms with E-state index in [2.05, 4.69) is 5.32 Å². The zero-order chi connectivity index (χ0) is 17.1. The van der Waals surface area contributed by atoms with E-state index in [0.717, 1.165) is 12.1 Å². The maximum Gasteiger partial charge on any atom is 0.295 e. The van der Waals surface area contributed by atoms with E-state index in [9.17, 15) is 9.59 Å². The molecule has 1 amide bonds. The van der Waals surface area contributed by atoms with Crippen molar-refractivity contribution in [2.24, 2.45) is 18.7 Å². The summed E-state index contributed by atoms with van der Waals surface area (Å²) in [4.78, 5) is 25.0. The Balaban J connectivity index is 0.00000288. The van der Waals surface area contributed by atoms with Crippen LogP contribution in [0.15, 0.2) is 35.1 Å². The predicted molar refractivity (Wildman–Crippen MR) is 99.1 cm³/mol. The molecule has 0 fully saturated rings. The summed E-state index contributed by atoms with van der Waals surface area (Å²) in [6.07, 6.45) is 0.802. The van der Waals surface area contributed by atoms with Crippen LogP contribution in [0.4, 0.5) is 5.69 Å². The third-order valence-corrected chi connectivity index (χ3v) is 4.36. The summed E-state index contributed by atoms with van der Waals surface area (Å²) < 4.78 is 3.25. The molecule has 0 saturated heterocycles. The Bertz CT molecular complexity index is 752. The fourth-order valence-corrected chi connectivity index (χ4v) is 2.43. The van der Waals surface area contributed by atoms with E-state index in [1.807, 2.05) is 44.2 Å². The van der Waals surface area contributed by atoms with Gasteiger partial charge in [-0.25, -0.2) is 4.68 Å². The summed E-state index contributed by atoms with van der Waals surface area (Å²) in [7, 11) is 1.79. The highest BCUT2D eigenvalue weighted by Gasteiger charge is 2.23. The molecule has 0 aliphatic carbocycles. The molecular weight excluding hydrogens is 328 g/mol. The van der Waals surface area contributed by atoms with Gasteiger partial charge in [-0.1, -0.05) is 38.5 Å². The zero-order valence-electron chi connectivity index (χ0n) is 14.4. The van der Waals surface area contributed by atoms with Crippen LogP contribution >= 0.6 is 12.4 Å². The van der Waals surface area contributed by atoms with Gasteiger partial charge in [-0.2, -0.15) is 0 Å². The molecule has 0 aliphatic rings. The minimum atomic E-state index is -0.635. The van der Waals surface area contributed by atoms with Gasteiger partial charge in [0.2, 0.25) is 5.91 Å². The van der Waals surface area contributed by atoms with E-state index in [4.69, 9.17) is 5.73 Å². The fraction of sp³-hybridized carbons (Fsp3) is 0.412. The number of hydrogen-bond donors (Lipinski definition) is 2. The molecule has 0 spiro atoms. The maximum absolute atomic E-state index is 12.7. The van der Waals surface area contributed by atoms with Gasteiger partial charge in [0.25, 0.3) is 5.56 Å². The molecule has 1 heterocycles. The van der Waals surface area contributed by atoms with Crippen molar-refractivity contribution >= 4 is 24.0 Å². The number of halogens is 1. The van der Waals surface area contributed by atoms with Gasteiger partial charge in [-0.15, -0.1) is 12.4 Å². The van der Waals surface area contributed by atoms with Crippen LogP contribution in [0.3, 0.4) is 0 Å². The Hall–Kier alpha value is -2.05. The number of rotatable bonds is 5. The Kier molecular flexibility index (Phi) is 6.81. The van der Waals surface area contributed by atoms with Crippen LogP contribution in [-0.2, 0) is 11.8 Å². The van der Waals surface area contributed by atoms with Crippen molar-refractivity contribution in [3.05, 3.63) is 46.4 Å². The number of aromatic nitrogens is 2. The molecule has 1 aromatic heterocycles. The third-order valence-electron chi connectivity index (χ3n) is 4.36. The van der Waals surface area contributed by atoms with Crippen molar-refractivity contribution in [2.45, 2.75) is 33.2 Å². The van der Waals surface area contributed by atoms with Gasteiger partial charge in [0.1, 0.15) is 5.69 Å². The fourth-order valence-electron chi connectivity index (χ4n) is 2.43. The number of carbonyl (C=O) groups is 1. The normalized spacial score (nSPS) is 13.0. The highest BCUT2D eigenvalue weighted by Crippen LogP contribution is 2.15. The molecule has 0 aliphatic heterocycles. The van der Waals surface area contributed by atoms with Gasteiger partial charge in [-0.3, -0.25) is 14.3 Å². The first-order valence-electron chi connectivity index (χ1n) is 7.79. The van der Waals surface area contributed by atoms with Crippen molar-refractivity contribution < 1.29 is 4.79 Å². The lowest BCUT2D eigenvalue weighted by Crippen LogP contribution is -2.41. The van der Waals surface area contributed by atoms with Gasteiger partial charge in [0.15, 0.2) is 0 Å². The first-order chi connectivity index (χ1) is 10.9. The van der Waals surface area contributed by atoms with E-state index in [0.29, 0.717) is 5.69 Å². The van der Waals surface area contributed by atoms with Crippen LogP contribution in [-0.4, -0.2) is 21.3 Å². The van der Waals surface area contributed by atoms with Crippen LogP contribution in [0.25, 0.3) is 5.69 Å². The Morgan fingerprint density at radius 1 is 1.29 bits per heavy atom. The number of carbonyl (C=O) groups excluding carboxylic acids is 1. The van der Waals surface area contributed by atoms with Crippen molar-refractivity contribution in [3.8, 4) is 5.69 Å². The van der Waals surface area contributed by atoms with E-state index < -0.39 is 6.04 Å². The SMILES string of the molecule is CCC(C)C(N)C(=O)Nc1c(C)n(C)n(-c2ccccc2)c1=O.Cl. The summed E-state index contributed by atoms with van der Waals surface area (Å²) in [5.74, 6) is -0.277. The third kappa shape index (κ3) is 3.71. The second kappa shape index (κ2) is 8.17. The molecule has 0 radical (unpaired) electrons. The molecular formula is C17H25ClN4O2. The van der Waals surface area contributed by atoms with Crippen molar-refractivity contribution in [1.29, 1.82) is 0 Å². The first kappa shape index (κ1) is 20.0. The summed E-state index contributed by atoms with van der Waals surface area (Å²) in [5.41, 5.74) is 7.39. The van der Waals surface area contributed by atoms with Gasteiger partial charge in [0.05, 0.1) is 17.4 Å². The van der Waals surface area contributed by atoms with Gasteiger partial charge in [-0.05, 0) is 25.0 Å². The van der Waals surface area contributed by atoms with Crippen molar-refractivity contribution in [3.63, 3.8) is 0 Å². The molecule has 132 valence electrons. The van der Waals surface area contributed by atoms with Gasteiger partial charge >= 0.3 is 0 Å². The predicted octanol–water partition coefficient (Wildman–Crippen LogP) is 2.22. The molecule has 6 nitrogen and oxygen atoms in total. The second-order valence-corrected chi connectivity index (χ2v) is 5.84. The van der Waals surface area contributed by atoms with Crippen LogP contribution < -0.4 is 16.6 Å². The number of amides is 1. The standard InChI is InChI=1S/C17H24N4O2.ClH/c1-5-11(2)14(18)16(22)19-15-12(3)20(4)21(17(15)23)13-9-7-6-8-10-13;/h6-11,14H,5,18H2,1-4H3,(H,19,22);1H. The van der Waals surface area contributed by atoms with Crippen LogP contribution in [0, 0.1) is 12.8 Å².